The van der Waals surface area contributed by atoms with E-state index in [-0.39, 0.29) is 48.0 Å². The summed E-state index contributed by atoms with van der Waals surface area (Å²) in [6, 6.07) is 13.1. The van der Waals surface area contributed by atoms with Crippen LogP contribution in [0.4, 0.5) is 0 Å². The molecule has 13 nitrogen and oxygen atoms in total. The zero-order valence-electron chi connectivity index (χ0n) is 38.2. The molecule has 6 bridgehead atoms. The SMILES string of the molecule is CCn1c(-c2cccnc2C(C)C)c2c3cc(ccc31)-c1cc(O)cc(c1)C[C@H](NC(=O)[C@H](C(C)C)N(C)C(=O)C1CCNC13CC3)C(=O)N1CCC[C@H](N1)C(=O)OCC(C)(C)C2. The summed E-state index contributed by atoms with van der Waals surface area (Å²) in [5.74, 6) is -1.60. The van der Waals surface area contributed by atoms with E-state index in [9.17, 15) is 24.3 Å². The maximum Gasteiger partial charge on any atom is 0.324 e. The number of aryl methyl sites for hydroxylation is 1. The molecular formula is C50H65N7O6. The molecule has 0 radical (unpaired) electrons. The van der Waals surface area contributed by atoms with Crippen molar-refractivity contribution >= 4 is 34.6 Å². The fourth-order valence-electron chi connectivity index (χ4n) is 10.5. The standard InChI is InChI=1S/C50H65N7O6/c1-9-56-41-15-14-32-26-36(41)37(44(56)35-12-10-19-51-42(35)29(2)3)27-49(6,7)28-63-48(62)39-13-11-21-57(54-39)47(61)40(24-31-22-33(32)25-34(58)23-31)53-45(59)43(30(4)5)55(8)46(60)38-16-20-52-50(38)17-18-50/h10,12,14-15,19,22-23,25-26,29-30,38-40,43,52,54,58H,9,11,13,16-18,20-21,24,27-28H2,1-8H3,(H,53,59)/t38?,39-,40-,43-/m0/s1. The predicted octanol–water partition coefficient (Wildman–Crippen LogP) is 6.49. The number of carbonyl (C=O) groups is 4. The number of hydrogen-bond donors (Lipinski definition) is 4. The van der Waals surface area contributed by atoms with Crippen molar-refractivity contribution in [3.63, 3.8) is 0 Å². The van der Waals surface area contributed by atoms with Crippen LogP contribution in [-0.4, -0.2) is 98.7 Å². The fraction of sp³-hybridized carbons (Fsp3) is 0.540. The number of rotatable bonds is 8. The Morgan fingerprint density at radius 3 is 2.54 bits per heavy atom. The second kappa shape index (κ2) is 17.4. The van der Waals surface area contributed by atoms with E-state index in [0.717, 1.165) is 70.4 Å². The Hall–Kier alpha value is -5.27. The molecule has 8 rings (SSSR count). The van der Waals surface area contributed by atoms with Crippen molar-refractivity contribution in [3.8, 4) is 28.1 Å². The van der Waals surface area contributed by atoms with E-state index >= 15 is 0 Å². The lowest BCUT2D eigenvalue weighted by atomic mass is 9.83. The average Bonchev–Trinajstić information content (AvgIpc) is 3.81. The lowest BCUT2D eigenvalue weighted by Gasteiger charge is -2.37. The molecular weight excluding hydrogens is 795 g/mol. The minimum Gasteiger partial charge on any atom is -0.508 e. The summed E-state index contributed by atoms with van der Waals surface area (Å²) in [7, 11) is 1.69. The van der Waals surface area contributed by atoms with Crippen molar-refractivity contribution in [3.05, 3.63) is 71.5 Å². The van der Waals surface area contributed by atoms with Crippen LogP contribution in [0, 0.1) is 17.3 Å². The van der Waals surface area contributed by atoms with Crippen LogP contribution in [0.25, 0.3) is 33.3 Å². The van der Waals surface area contributed by atoms with E-state index in [0.29, 0.717) is 37.9 Å². The van der Waals surface area contributed by atoms with Crippen molar-refractivity contribution in [2.75, 3.05) is 26.7 Å². The number of cyclic esters (lactones) is 1. The van der Waals surface area contributed by atoms with Crippen LogP contribution in [0.5, 0.6) is 5.75 Å². The van der Waals surface area contributed by atoms with Crippen LogP contribution >= 0.6 is 0 Å². The molecule has 1 unspecified atom stereocenters. The van der Waals surface area contributed by atoms with Gasteiger partial charge in [0, 0.05) is 60.2 Å². The van der Waals surface area contributed by atoms with Gasteiger partial charge in [-0.2, -0.15) is 0 Å². The Labute approximate surface area is 371 Å². The van der Waals surface area contributed by atoms with Crippen molar-refractivity contribution in [2.24, 2.45) is 17.3 Å². The molecule has 4 aliphatic rings. The van der Waals surface area contributed by atoms with Gasteiger partial charge in [-0.05, 0) is 122 Å². The largest absolute Gasteiger partial charge is 0.508 e. The number of likely N-dealkylation sites (N-methyl/N-ethyl adjacent to an activating group) is 1. The fourth-order valence-corrected chi connectivity index (χ4v) is 10.5. The Bertz CT molecular complexity index is 2420. The third kappa shape index (κ3) is 8.70. The van der Waals surface area contributed by atoms with Crippen LogP contribution in [-0.2, 0) is 43.3 Å². The van der Waals surface area contributed by atoms with E-state index in [1.165, 1.54) is 5.01 Å². The van der Waals surface area contributed by atoms with Crippen LogP contribution < -0.4 is 16.1 Å². The first kappa shape index (κ1) is 44.3. The summed E-state index contributed by atoms with van der Waals surface area (Å²) in [5.41, 5.74) is 10.1. The Morgan fingerprint density at radius 2 is 1.83 bits per heavy atom. The number of ether oxygens (including phenoxy) is 1. The molecule has 3 fully saturated rings. The number of pyridine rings is 1. The molecule has 4 atom stereocenters. The number of phenols is 1. The third-order valence-corrected chi connectivity index (χ3v) is 13.8. The van der Waals surface area contributed by atoms with Gasteiger partial charge < -0.3 is 29.9 Å². The van der Waals surface area contributed by atoms with Gasteiger partial charge in [0.1, 0.15) is 23.9 Å². The van der Waals surface area contributed by atoms with Crippen LogP contribution in [0.1, 0.15) is 103 Å². The van der Waals surface area contributed by atoms with E-state index in [1.807, 2.05) is 32.2 Å². The van der Waals surface area contributed by atoms with E-state index in [1.54, 1.807) is 24.1 Å². The first-order valence-electron chi connectivity index (χ1n) is 23.0. The molecule has 1 saturated carbocycles. The average molecular weight is 860 g/mol. The number of amides is 3. The highest BCUT2D eigenvalue weighted by Crippen LogP contribution is 2.48. The highest BCUT2D eigenvalue weighted by Gasteiger charge is 2.56. The third-order valence-electron chi connectivity index (χ3n) is 13.8. The minimum absolute atomic E-state index is 0.0307. The van der Waals surface area contributed by atoms with Crippen LogP contribution in [0.2, 0.25) is 0 Å². The van der Waals surface area contributed by atoms with Gasteiger partial charge in [0.2, 0.25) is 11.8 Å². The molecule has 1 spiro atoms. The first-order valence-corrected chi connectivity index (χ1v) is 23.0. The highest BCUT2D eigenvalue weighted by molar-refractivity contribution is 5.96. The lowest BCUT2D eigenvalue weighted by molar-refractivity contribution is -0.155. The summed E-state index contributed by atoms with van der Waals surface area (Å²) in [6.45, 7) is 16.4. The quantitative estimate of drug-likeness (QED) is 0.145. The molecule has 1 aliphatic carbocycles. The van der Waals surface area contributed by atoms with E-state index in [2.05, 4.69) is 79.5 Å². The molecule has 2 aromatic heterocycles. The summed E-state index contributed by atoms with van der Waals surface area (Å²) < 4.78 is 8.47. The number of aromatic nitrogens is 2. The maximum absolute atomic E-state index is 14.7. The van der Waals surface area contributed by atoms with Crippen LogP contribution in [0.15, 0.2) is 54.7 Å². The number of nitrogens with zero attached hydrogens (tertiary/aromatic N) is 4. The molecule has 4 N–H and O–H groups in total. The number of aromatic hydroxyl groups is 1. The van der Waals surface area contributed by atoms with Crippen molar-refractivity contribution in [1.29, 1.82) is 0 Å². The zero-order valence-corrected chi connectivity index (χ0v) is 38.2. The molecule has 3 aliphatic heterocycles. The Balaban J connectivity index is 1.21. The highest BCUT2D eigenvalue weighted by atomic mass is 16.5. The molecule has 5 heterocycles. The number of hydrogen-bond acceptors (Lipinski definition) is 9. The number of carbonyl (C=O) groups excluding carboxylic acids is 4. The van der Waals surface area contributed by atoms with Gasteiger partial charge in [-0.15, -0.1) is 0 Å². The monoisotopic (exact) mass is 859 g/mol. The molecule has 2 aromatic carbocycles. The first-order chi connectivity index (χ1) is 30.0. The summed E-state index contributed by atoms with van der Waals surface area (Å²) in [5, 5.41) is 20.4. The summed E-state index contributed by atoms with van der Waals surface area (Å²) >= 11 is 0. The number of hydrazine groups is 1. The second-order valence-electron chi connectivity index (χ2n) is 19.9. The van der Waals surface area contributed by atoms with E-state index < -0.39 is 41.3 Å². The Kier molecular flexibility index (Phi) is 12.2. The van der Waals surface area contributed by atoms with E-state index in [4.69, 9.17) is 9.72 Å². The van der Waals surface area contributed by atoms with Gasteiger partial charge >= 0.3 is 5.97 Å². The molecule has 336 valence electrons. The molecule has 2 saturated heterocycles. The molecule has 4 aromatic rings. The van der Waals surface area contributed by atoms with Gasteiger partial charge in [-0.3, -0.25) is 29.2 Å². The van der Waals surface area contributed by atoms with Gasteiger partial charge in [0.25, 0.3) is 5.91 Å². The van der Waals surface area contributed by atoms with Gasteiger partial charge in [-0.1, -0.05) is 53.7 Å². The topological polar surface area (TPSA) is 158 Å². The van der Waals surface area contributed by atoms with Crippen LogP contribution in [0.3, 0.4) is 0 Å². The smallest absolute Gasteiger partial charge is 0.324 e. The zero-order chi connectivity index (χ0) is 45.0. The molecule has 63 heavy (non-hydrogen) atoms. The summed E-state index contributed by atoms with van der Waals surface area (Å²) in [4.78, 5) is 63.6. The maximum atomic E-state index is 14.7. The summed E-state index contributed by atoms with van der Waals surface area (Å²) in [6.07, 6.45) is 6.13. The molecule has 3 amide bonds. The number of nitrogens with one attached hydrogen (secondary N) is 3. The number of fused-ring (bicyclic) bond motifs is 6. The normalized spacial score (nSPS) is 22.6. The number of benzene rings is 2. The predicted molar refractivity (Wildman–Crippen MR) is 243 cm³/mol. The van der Waals surface area contributed by atoms with Crippen molar-refractivity contribution in [1.82, 2.24) is 35.5 Å². The van der Waals surface area contributed by atoms with Crippen molar-refractivity contribution in [2.45, 2.75) is 130 Å². The Morgan fingerprint density at radius 1 is 1.05 bits per heavy atom. The van der Waals surface area contributed by atoms with Gasteiger partial charge in [0.05, 0.1) is 23.9 Å². The number of esters is 1. The number of phenolic OH excluding ortho intramolecular Hbond substituents is 1. The van der Waals surface area contributed by atoms with Crippen molar-refractivity contribution < 1.29 is 29.0 Å². The van der Waals surface area contributed by atoms with Gasteiger partial charge in [-0.25, -0.2) is 5.43 Å². The lowest BCUT2D eigenvalue weighted by Crippen LogP contribution is -2.62. The van der Waals surface area contributed by atoms with Gasteiger partial charge in [0.15, 0.2) is 0 Å². The second-order valence-corrected chi connectivity index (χ2v) is 19.9. The molecule has 13 heteroatoms. The minimum atomic E-state index is -1.09.